The van der Waals surface area contributed by atoms with E-state index in [1.807, 2.05) is 13.8 Å². The number of nitrogens with one attached hydrogen (secondary N) is 2. The topological polar surface area (TPSA) is 58.2 Å². The SMILES string of the molecule is CCC(=O)N[C@H]1CC(C(C)(C)NC(=O)CC)CC=C1C. The minimum atomic E-state index is -0.251. The molecular formula is C16H28N2O2. The van der Waals surface area contributed by atoms with Gasteiger partial charge in [0.15, 0.2) is 0 Å². The second-order valence-electron chi connectivity index (χ2n) is 6.21. The number of carbonyl (C=O) groups excluding carboxylic acids is 2. The number of amides is 2. The van der Waals surface area contributed by atoms with Gasteiger partial charge in [-0.1, -0.05) is 25.5 Å². The minimum absolute atomic E-state index is 0.0791. The molecular weight excluding hydrogens is 252 g/mol. The summed E-state index contributed by atoms with van der Waals surface area (Å²) < 4.78 is 0. The van der Waals surface area contributed by atoms with E-state index in [4.69, 9.17) is 0 Å². The zero-order valence-corrected chi connectivity index (χ0v) is 13.4. The van der Waals surface area contributed by atoms with Crippen LogP contribution in [0.2, 0.25) is 0 Å². The second kappa shape index (κ2) is 6.91. The van der Waals surface area contributed by atoms with Crippen LogP contribution in [0.5, 0.6) is 0 Å². The fourth-order valence-electron chi connectivity index (χ4n) is 2.65. The summed E-state index contributed by atoms with van der Waals surface area (Å²) in [5.41, 5.74) is 0.972. The summed E-state index contributed by atoms with van der Waals surface area (Å²) in [4.78, 5) is 23.2. The molecule has 0 spiro atoms. The first-order chi connectivity index (χ1) is 9.30. The molecule has 1 unspecified atom stereocenters. The van der Waals surface area contributed by atoms with Crippen LogP contribution in [-0.2, 0) is 9.59 Å². The molecule has 0 aromatic heterocycles. The van der Waals surface area contributed by atoms with E-state index >= 15 is 0 Å². The molecule has 0 radical (unpaired) electrons. The number of hydrogen-bond acceptors (Lipinski definition) is 2. The van der Waals surface area contributed by atoms with Gasteiger partial charge in [0.2, 0.25) is 11.8 Å². The summed E-state index contributed by atoms with van der Waals surface area (Å²) >= 11 is 0. The molecule has 0 aromatic carbocycles. The zero-order valence-electron chi connectivity index (χ0n) is 13.4. The molecule has 0 fully saturated rings. The lowest BCUT2D eigenvalue weighted by molar-refractivity contribution is -0.124. The van der Waals surface area contributed by atoms with Crippen LogP contribution in [0.25, 0.3) is 0 Å². The fourth-order valence-corrected chi connectivity index (χ4v) is 2.65. The van der Waals surface area contributed by atoms with E-state index in [2.05, 4.69) is 37.5 Å². The van der Waals surface area contributed by atoms with Crippen LogP contribution in [0.3, 0.4) is 0 Å². The molecule has 0 aromatic rings. The van der Waals surface area contributed by atoms with Crippen molar-refractivity contribution in [2.24, 2.45) is 5.92 Å². The molecule has 1 rings (SSSR count). The molecule has 2 N–H and O–H groups in total. The first-order valence-corrected chi connectivity index (χ1v) is 7.57. The van der Waals surface area contributed by atoms with E-state index in [-0.39, 0.29) is 23.4 Å². The van der Waals surface area contributed by atoms with Gasteiger partial charge in [-0.3, -0.25) is 9.59 Å². The maximum atomic E-state index is 11.6. The summed E-state index contributed by atoms with van der Waals surface area (Å²) in [5, 5.41) is 6.17. The Balaban J connectivity index is 2.74. The molecule has 0 saturated carbocycles. The van der Waals surface area contributed by atoms with Crippen molar-refractivity contribution in [2.75, 3.05) is 0 Å². The molecule has 0 heterocycles. The molecule has 114 valence electrons. The highest BCUT2D eigenvalue weighted by atomic mass is 16.2. The van der Waals surface area contributed by atoms with Gasteiger partial charge in [-0.2, -0.15) is 0 Å². The van der Waals surface area contributed by atoms with Crippen molar-refractivity contribution < 1.29 is 9.59 Å². The smallest absolute Gasteiger partial charge is 0.220 e. The predicted octanol–water partition coefficient (Wildman–Crippen LogP) is 2.54. The van der Waals surface area contributed by atoms with Crippen LogP contribution >= 0.6 is 0 Å². The maximum Gasteiger partial charge on any atom is 0.220 e. The normalized spacial score (nSPS) is 22.9. The Labute approximate surface area is 122 Å². The number of hydrogen-bond donors (Lipinski definition) is 2. The first-order valence-electron chi connectivity index (χ1n) is 7.57. The molecule has 0 bridgehead atoms. The highest BCUT2D eigenvalue weighted by Crippen LogP contribution is 2.32. The third-order valence-corrected chi connectivity index (χ3v) is 4.25. The number of carbonyl (C=O) groups is 2. The average molecular weight is 280 g/mol. The van der Waals surface area contributed by atoms with Crippen molar-refractivity contribution in [1.29, 1.82) is 0 Å². The van der Waals surface area contributed by atoms with Crippen LogP contribution in [-0.4, -0.2) is 23.4 Å². The standard InChI is InChI=1S/C16H28N2O2/c1-6-14(19)17-13-10-12(9-8-11(13)3)16(4,5)18-15(20)7-2/h8,12-13H,6-7,9-10H2,1-5H3,(H,17,19)(H,18,20)/t12?,13-/m0/s1. The molecule has 1 aliphatic rings. The van der Waals surface area contributed by atoms with Gasteiger partial charge in [0.05, 0.1) is 6.04 Å². The van der Waals surface area contributed by atoms with E-state index < -0.39 is 0 Å². The molecule has 20 heavy (non-hydrogen) atoms. The third kappa shape index (κ3) is 4.36. The predicted molar refractivity (Wildman–Crippen MR) is 81.2 cm³/mol. The lowest BCUT2D eigenvalue weighted by Gasteiger charge is -2.40. The maximum absolute atomic E-state index is 11.6. The Bertz CT molecular complexity index is 399. The Morgan fingerprint density at radius 2 is 1.85 bits per heavy atom. The summed E-state index contributed by atoms with van der Waals surface area (Å²) in [5.74, 6) is 0.498. The van der Waals surface area contributed by atoms with Gasteiger partial charge in [-0.15, -0.1) is 0 Å². The van der Waals surface area contributed by atoms with Crippen molar-refractivity contribution >= 4 is 11.8 Å². The first kappa shape index (κ1) is 16.7. The van der Waals surface area contributed by atoms with Crippen LogP contribution < -0.4 is 10.6 Å². The van der Waals surface area contributed by atoms with Crippen molar-refractivity contribution in [2.45, 2.75) is 71.9 Å². The quantitative estimate of drug-likeness (QED) is 0.760. The zero-order chi connectivity index (χ0) is 15.3. The minimum Gasteiger partial charge on any atom is -0.351 e. The van der Waals surface area contributed by atoms with Gasteiger partial charge in [-0.25, -0.2) is 0 Å². The summed E-state index contributed by atoms with van der Waals surface area (Å²) in [6, 6.07) is 0.0963. The van der Waals surface area contributed by atoms with Crippen molar-refractivity contribution in [3.05, 3.63) is 11.6 Å². The Kier molecular flexibility index (Phi) is 5.78. The van der Waals surface area contributed by atoms with Crippen molar-refractivity contribution in [1.82, 2.24) is 10.6 Å². The molecule has 4 nitrogen and oxygen atoms in total. The molecule has 1 aliphatic carbocycles. The molecule has 2 atom stereocenters. The van der Waals surface area contributed by atoms with Crippen LogP contribution in [0.15, 0.2) is 11.6 Å². The lowest BCUT2D eigenvalue weighted by Crippen LogP contribution is -2.52. The van der Waals surface area contributed by atoms with Crippen molar-refractivity contribution in [3.63, 3.8) is 0 Å². The van der Waals surface area contributed by atoms with Crippen LogP contribution in [0.1, 0.15) is 60.3 Å². The lowest BCUT2D eigenvalue weighted by atomic mass is 9.75. The van der Waals surface area contributed by atoms with Gasteiger partial charge in [0.1, 0.15) is 0 Å². The van der Waals surface area contributed by atoms with Crippen LogP contribution in [0.4, 0.5) is 0 Å². The monoisotopic (exact) mass is 280 g/mol. The van der Waals surface area contributed by atoms with E-state index in [0.717, 1.165) is 12.8 Å². The van der Waals surface area contributed by atoms with E-state index in [9.17, 15) is 9.59 Å². The second-order valence-corrected chi connectivity index (χ2v) is 6.21. The number of rotatable bonds is 5. The average Bonchev–Trinajstić information content (AvgIpc) is 2.40. The van der Waals surface area contributed by atoms with Crippen molar-refractivity contribution in [3.8, 4) is 0 Å². The molecule has 0 aliphatic heterocycles. The van der Waals surface area contributed by atoms with E-state index in [1.165, 1.54) is 5.57 Å². The van der Waals surface area contributed by atoms with Gasteiger partial charge in [0.25, 0.3) is 0 Å². The van der Waals surface area contributed by atoms with Crippen LogP contribution in [0, 0.1) is 5.92 Å². The Morgan fingerprint density at radius 3 is 2.40 bits per heavy atom. The summed E-state index contributed by atoms with van der Waals surface area (Å²) in [7, 11) is 0. The van der Waals surface area contributed by atoms with E-state index in [0.29, 0.717) is 18.8 Å². The Hall–Kier alpha value is -1.32. The molecule has 0 saturated heterocycles. The summed E-state index contributed by atoms with van der Waals surface area (Å²) in [6.07, 6.45) is 5.02. The Morgan fingerprint density at radius 1 is 1.25 bits per heavy atom. The third-order valence-electron chi connectivity index (χ3n) is 4.25. The van der Waals surface area contributed by atoms with Gasteiger partial charge < -0.3 is 10.6 Å². The fraction of sp³-hybridized carbons (Fsp3) is 0.750. The van der Waals surface area contributed by atoms with Gasteiger partial charge in [-0.05, 0) is 39.5 Å². The highest BCUT2D eigenvalue weighted by molar-refractivity contribution is 5.77. The highest BCUT2D eigenvalue weighted by Gasteiger charge is 2.34. The van der Waals surface area contributed by atoms with Gasteiger partial charge >= 0.3 is 0 Å². The van der Waals surface area contributed by atoms with E-state index in [1.54, 1.807) is 0 Å². The number of allylic oxidation sites excluding steroid dienone is 1. The summed E-state index contributed by atoms with van der Waals surface area (Å²) in [6.45, 7) is 9.92. The van der Waals surface area contributed by atoms with Gasteiger partial charge in [0, 0.05) is 18.4 Å². The molecule has 2 amide bonds. The molecule has 4 heteroatoms. The largest absolute Gasteiger partial charge is 0.351 e.